The van der Waals surface area contributed by atoms with Crippen LogP contribution in [0.5, 0.6) is 0 Å². The third-order valence-corrected chi connectivity index (χ3v) is 6.92. The van der Waals surface area contributed by atoms with Gasteiger partial charge in [0.15, 0.2) is 5.16 Å². The lowest BCUT2D eigenvalue weighted by atomic mass is 10.1. The van der Waals surface area contributed by atoms with E-state index in [1.54, 1.807) is 27.7 Å². The first-order valence-corrected chi connectivity index (χ1v) is 10.3. The van der Waals surface area contributed by atoms with E-state index in [0.29, 0.717) is 0 Å². The van der Waals surface area contributed by atoms with Crippen molar-refractivity contribution in [1.29, 1.82) is 0 Å². The highest BCUT2D eigenvalue weighted by atomic mass is 32.2. The predicted molar refractivity (Wildman–Crippen MR) is 105 cm³/mol. The number of thiophene rings is 1. The van der Waals surface area contributed by atoms with Crippen LogP contribution in [-0.4, -0.2) is 21.5 Å². The Balaban J connectivity index is 1.60. The average Bonchev–Trinajstić information content (AvgIpc) is 3.18. The number of hydrogen-bond acceptors (Lipinski definition) is 5. The number of nitrogens with zero attached hydrogens (tertiary/aromatic N) is 3. The molecule has 1 aliphatic heterocycles. The molecule has 0 bridgehead atoms. The third kappa shape index (κ3) is 3.14. The van der Waals surface area contributed by atoms with Crippen molar-refractivity contribution < 1.29 is 0 Å². The Kier molecular flexibility index (Phi) is 4.43. The lowest BCUT2D eigenvalue weighted by Gasteiger charge is -2.08. The highest BCUT2D eigenvalue weighted by Crippen LogP contribution is 2.28. The minimum Gasteiger partial charge on any atom is -0.298 e. The van der Waals surface area contributed by atoms with E-state index in [1.165, 1.54) is 21.6 Å². The maximum Gasteiger partial charge on any atom is 0.262 e. The van der Waals surface area contributed by atoms with E-state index in [1.807, 2.05) is 13.1 Å². The Morgan fingerprint density at radius 3 is 2.80 bits per heavy atom. The fourth-order valence-electron chi connectivity index (χ4n) is 3.26. The molecule has 0 amide bonds. The first kappa shape index (κ1) is 16.8. The van der Waals surface area contributed by atoms with Gasteiger partial charge in [0.1, 0.15) is 4.83 Å². The summed E-state index contributed by atoms with van der Waals surface area (Å²) in [5, 5.41) is 1.54. The van der Waals surface area contributed by atoms with Gasteiger partial charge in [-0.1, -0.05) is 36.9 Å². The highest BCUT2D eigenvalue weighted by Gasteiger charge is 2.16. The van der Waals surface area contributed by atoms with Crippen LogP contribution in [0.15, 0.2) is 34.2 Å². The third-order valence-electron chi connectivity index (χ3n) is 4.65. The lowest BCUT2D eigenvalue weighted by molar-refractivity contribution is 0.353. The van der Waals surface area contributed by atoms with Gasteiger partial charge in [-0.25, -0.2) is 4.98 Å². The molecule has 6 heteroatoms. The number of fused-ring (bicyclic) bond motifs is 2. The summed E-state index contributed by atoms with van der Waals surface area (Å²) in [6, 6.07) is 8.71. The molecule has 1 aliphatic rings. The summed E-state index contributed by atoms with van der Waals surface area (Å²) < 4.78 is 1.68. The zero-order chi connectivity index (χ0) is 17.6. The van der Waals surface area contributed by atoms with Gasteiger partial charge >= 0.3 is 0 Å². The van der Waals surface area contributed by atoms with Crippen molar-refractivity contribution in [3.8, 4) is 0 Å². The highest BCUT2D eigenvalue weighted by molar-refractivity contribution is 7.98. The molecular weight excluding hydrogens is 350 g/mol. The van der Waals surface area contributed by atoms with Crippen LogP contribution >= 0.6 is 23.1 Å². The van der Waals surface area contributed by atoms with E-state index >= 15 is 0 Å². The summed E-state index contributed by atoms with van der Waals surface area (Å²) in [6.45, 7) is 4.16. The lowest BCUT2D eigenvalue weighted by Crippen LogP contribution is -2.19. The van der Waals surface area contributed by atoms with Crippen LogP contribution in [0.1, 0.15) is 28.5 Å². The molecule has 3 heterocycles. The quantitative estimate of drug-likeness (QED) is 0.516. The number of benzene rings is 1. The topological polar surface area (TPSA) is 38.1 Å². The van der Waals surface area contributed by atoms with Crippen LogP contribution in [0.2, 0.25) is 0 Å². The second-order valence-corrected chi connectivity index (χ2v) is 8.67. The number of rotatable bonds is 4. The van der Waals surface area contributed by atoms with Gasteiger partial charge in [-0.3, -0.25) is 14.3 Å². The standard InChI is InChI=1S/C19H21N3OS2/c1-4-15-8-16-17(25-15)20-19(22(3)18(16)23)24-11-12-5-6-13-9-21(2)10-14(13)7-12/h5-8H,4,9-11H2,1-3H3. The summed E-state index contributed by atoms with van der Waals surface area (Å²) in [5.41, 5.74) is 4.19. The average molecular weight is 372 g/mol. The van der Waals surface area contributed by atoms with Crippen LogP contribution in [0.4, 0.5) is 0 Å². The van der Waals surface area contributed by atoms with Crippen LogP contribution in [0, 0.1) is 0 Å². The van der Waals surface area contributed by atoms with Crippen molar-refractivity contribution in [1.82, 2.24) is 14.5 Å². The van der Waals surface area contributed by atoms with E-state index < -0.39 is 0 Å². The largest absolute Gasteiger partial charge is 0.298 e. The number of hydrogen-bond donors (Lipinski definition) is 0. The summed E-state index contributed by atoms with van der Waals surface area (Å²) in [7, 11) is 3.97. The Bertz CT molecular complexity index is 1010. The molecule has 1 aromatic carbocycles. The summed E-state index contributed by atoms with van der Waals surface area (Å²) in [4.78, 5) is 21.7. The molecule has 0 unspecified atom stereocenters. The zero-order valence-corrected chi connectivity index (χ0v) is 16.3. The Morgan fingerprint density at radius 1 is 1.20 bits per heavy atom. The molecule has 4 rings (SSSR count). The van der Waals surface area contributed by atoms with Gasteiger partial charge < -0.3 is 0 Å². The van der Waals surface area contributed by atoms with Gasteiger partial charge in [-0.2, -0.15) is 0 Å². The molecule has 0 saturated carbocycles. The van der Waals surface area contributed by atoms with Gasteiger partial charge in [-0.15, -0.1) is 11.3 Å². The minimum absolute atomic E-state index is 0.0547. The normalized spacial score (nSPS) is 14.4. The van der Waals surface area contributed by atoms with E-state index in [2.05, 4.69) is 37.1 Å². The smallest absolute Gasteiger partial charge is 0.262 e. The molecule has 0 spiro atoms. The second kappa shape index (κ2) is 6.59. The van der Waals surface area contributed by atoms with Crippen LogP contribution in [0.25, 0.3) is 10.2 Å². The van der Waals surface area contributed by atoms with Crippen molar-refractivity contribution in [2.75, 3.05) is 7.05 Å². The van der Waals surface area contributed by atoms with Gasteiger partial charge in [0.25, 0.3) is 5.56 Å². The van der Waals surface area contributed by atoms with Gasteiger partial charge in [0, 0.05) is 30.8 Å². The number of aromatic nitrogens is 2. The molecule has 0 radical (unpaired) electrons. The maximum atomic E-state index is 12.6. The van der Waals surface area contributed by atoms with Crippen LogP contribution < -0.4 is 5.56 Å². The monoisotopic (exact) mass is 371 g/mol. The molecule has 0 fully saturated rings. The molecular formula is C19H21N3OS2. The first-order valence-electron chi connectivity index (χ1n) is 8.46. The van der Waals surface area contributed by atoms with Crippen molar-refractivity contribution >= 4 is 33.3 Å². The molecule has 130 valence electrons. The van der Waals surface area contributed by atoms with E-state index in [-0.39, 0.29) is 5.56 Å². The SMILES string of the molecule is CCc1cc2c(=O)n(C)c(SCc3ccc4c(c3)CN(C)C4)nc2s1. The van der Waals surface area contributed by atoms with Crippen LogP contribution in [0.3, 0.4) is 0 Å². The van der Waals surface area contributed by atoms with Crippen molar-refractivity contribution in [3.05, 3.63) is 56.2 Å². The maximum absolute atomic E-state index is 12.6. The van der Waals surface area contributed by atoms with Crippen LogP contribution in [-0.2, 0) is 32.3 Å². The minimum atomic E-state index is 0.0547. The van der Waals surface area contributed by atoms with Crippen molar-refractivity contribution in [3.63, 3.8) is 0 Å². The molecule has 0 saturated heterocycles. The number of aryl methyl sites for hydroxylation is 1. The molecule has 0 N–H and O–H groups in total. The van der Waals surface area contributed by atoms with E-state index in [0.717, 1.165) is 40.6 Å². The van der Waals surface area contributed by atoms with Crippen molar-refractivity contribution in [2.45, 2.75) is 37.3 Å². The fraction of sp³-hybridized carbons (Fsp3) is 0.368. The summed E-state index contributed by atoms with van der Waals surface area (Å²) in [6.07, 6.45) is 0.941. The molecule has 25 heavy (non-hydrogen) atoms. The van der Waals surface area contributed by atoms with Gasteiger partial charge in [0.05, 0.1) is 5.39 Å². The second-order valence-electron chi connectivity index (χ2n) is 6.61. The molecule has 3 aromatic rings. The van der Waals surface area contributed by atoms with Gasteiger partial charge in [-0.05, 0) is 36.2 Å². The fourth-order valence-corrected chi connectivity index (χ4v) is 5.18. The van der Waals surface area contributed by atoms with E-state index in [9.17, 15) is 4.79 Å². The Morgan fingerprint density at radius 2 is 2.00 bits per heavy atom. The van der Waals surface area contributed by atoms with Gasteiger partial charge in [0.2, 0.25) is 0 Å². The molecule has 2 aromatic heterocycles. The predicted octanol–water partition coefficient (Wildman–Crippen LogP) is 3.80. The Hall–Kier alpha value is -1.63. The molecule has 0 aliphatic carbocycles. The summed E-state index contributed by atoms with van der Waals surface area (Å²) >= 11 is 3.27. The molecule has 4 nitrogen and oxygen atoms in total. The molecule has 0 atom stereocenters. The summed E-state index contributed by atoms with van der Waals surface area (Å²) in [5.74, 6) is 0.828. The Labute approximate surface area is 155 Å². The van der Waals surface area contributed by atoms with E-state index in [4.69, 9.17) is 4.98 Å². The first-order chi connectivity index (χ1) is 12.0. The van der Waals surface area contributed by atoms with Crippen molar-refractivity contribution in [2.24, 2.45) is 7.05 Å². The zero-order valence-electron chi connectivity index (χ0n) is 14.7. The number of thioether (sulfide) groups is 1.